The first kappa shape index (κ1) is 16.8. The maximum absolute atomic E-state index is 12.3. The number of hydrogen-bond donors (Lipinski definition) is 2. The van der Waals surface area contributed by atoms with Crippen molar-refractivity contribution in [2.45, 2.75) is 0 Å². The number of hydrogen-bond acceptors (Lipinski definition) is 7. The molecule has 1 amide bonds. The van der Waals surface area contributed by atoms with Gasteiger partial charge in [0.25, 0.3) is 5.91 Å². The summed E-state index contributed by atoms with van der Waals surface area (Å²) in [5.74, 6) is 0.662. The number of rotatable bonds is 6. The third-order valence-electron chi connectivity index (χ3n) is 2.93. The van der Waals surface area contributed by atoms with Crippen molar-refractivity contribution in [2.24, 2.45) is 0 Å². The van der Waals surface area contributed by atoms with Gasteiger partial charge in [0.05, 0.1) is 19.9 Å². The Morgan fingerprint density at radius 3 is 2.62 bits per heavy atom. The van der Waals surface area contributed by atoms with Gasteiger partial charge in [0.1, 0.15) is 23.1 Å². The summed E-state index contributed by atoms with van der Waals surface area (Å²) in [5, 5.41) is 14.5. The van der Waals surface area contributed by atoms with E-state index in [0.717, 1.165) is 0 Å². The van der Waals surface area contributed by atoms with Gasteiger partial charge in [0.15, 0.2) is 0 Å². The quantitative estimate of drug-likeness (QED) is 0.617. The largest absolute Gasteiger partial charge is 0.497 e. The highest BCUT2D eigenvalue weighted by Crippen LogP contribution is 2.29. The highest BCUT2D eigenvalue weighted by molar-refractivity contribution is 6.07. The summed E-state index contributed by atoms with van der Waals surface area (Å²) in [5.41, 5.74) is 0.242. The number of aromatic nitrogens is 2. The fourth-order valence-electron chi connectivity index (χ4n) is 1.76. The lowest BCUT2D eigenvalue weighted by Gasteiger charge is -2.11. The van der Waals surface area contributed by atoms with Crippen molar-refractivity contribution in [1.82, 2.24) is 9.97 Å². The summed E-state index contributed by atoms with van der Waals surface area (Å²) in [7, 11) is 2.99. The molecular weight excluding hydrogens is 310 g/mol. The SMILES string of the molecule is COc1ccc(OC)c(NC(=O)/C(C#N)=C\Nc2ncccn2)c1. The number of carbonyl (C=O) groups excluding carboxylic acids is 1. The van der Waals surface area contributed by atoms with Gasteiger partial charge in [-0.3, -0.25) is 4.79 Å². The van der Waals surface area contributed by atoms with Crippen LogP contribution in [-0.4, -0.2) is 30.1 Å². The van der Waals surface area contributed by atoms with Gasteiger partial charge < -0.3 is 20.1 Å². The topological polar surface area (TPSA) is 109 Å². The van der Waals surface area contributed by atoms with Crippen LogP contribution in [0, 0.1) is 11.3 Å². The first-order valence-electron chi connectivity index (χ1n) is 6.85. The molecule has 0 spiro atoms. The number of methoxy groups -OCH3 is 2. The number of nitrogens with one attached hydrogen (secondary N) is 2. The van der Waals surface area contributed by atoms with Crippen molar-refractivity contribution < 1.29 is 14.3 Å². The molecule has 8 heteroatoms. The molecular formula is C16H15N5O3. The third-order valence-corrected chi connectivity index (χ3v) is 2.93. The van der Waals surface area contributed by atoms with Crippen LogP contribution in [0.4, 0.5) is 11.6 Å². The smallest absolute Gasteiger partial charge is 0.267 e. The van der Waals surface area contributed by atoms with E-state index in [1.165, 1.54) is 32.8 Å². The van der Waals surface area contributed by atoms with Gasteiger partial charge in [0.2, 0.25) is 5.95 Å². The summed E-state index contributed by atoms with van der Waals surface area (Å²) >= 11 is 0. The summed E-state index contributed by atoms with van der Waals surface area (Å²) in [6.07, 6.45) is 4.31. The zero-order valence-corrected chi connectivity index (χ0v) is 13.1. The Balaban J connectivity index is 2.16. The molecule has 0 aliphatic heterocycles. The minimum Gasteiger partial charge on any atom is -0.497 e. The molecule has 0 unspecified atom stereocenters. The first-order chi connectivity index (χ1) is 11.7. The summed E-state index contributed by atoms with van der Waals surface area (Å²) in [6, 6.07) is 8.42. The molecule has 1 aromatic carbocycles. The fraction of sp³-hybridized carbons (Fsp3) is 0.125. The lowest BCUT2D eigenvalue weighted by atomic mass is 10.2. The second-order valence-electron chi connectivity index (χ2n) is 4.41. The van der Waals surface area contributed by atoms with Crippen LogP contribution in [0.1, 0.15) is 0 Å². The zero-order chi connectivity index (χ0) is 17.4. The Hall–Kier alpha value is -3.60. The predicted octanol–water partition coefficient (Wildman–Crippen LogP) is 1.95. The molecule has 0 saturated heterocycles. The molecule has 0 saturated carbocycles. The van der Waals surface area contributed by atoms with Crippen LogP contribution < -0.4 is 20.1 Å². The molecule has 0 radical (unpaired) electrons. The second kappa shape index (κ2) is 8.14. The Labute approximate surface area is 138 Å². The number of carbonyl (C=O) groups is 1. The Kier molecular flexibility index (Phi) is 5.69. The lowest BCUT2D eigenvalue weighted by molar-refractivity contribution is -0.112. The molecule has 24 heavy (non-hydrogen) atoms. The highest BCUT2D eigenvalue weighted by atomic mass is 16.5. The number of anilines is 2. The summed E-state index contributed by atoms with van der Waals surface area (Å²) < 4.78 is 10.3. The Bertz CT molecular complexity index is 784. The van der Waals surface area contributed by atoms with Crippen molar-refractivity contribution >= 4 is 17.5 Å². The van der Waals surface area contributed by atoms with E-state index in [9.17, 15) is 4.79 Å². The molecule has 2 N–H and O–H groups in total. The van der Waals surface area contributed by atoms with Crippen molar-refractivity contribution in [2.75, 3.05) is 24.9 Å². The van der Waals surface area contributed by atoms with Gasteiger partial charge in [-0.05, 0) is 18.2 Å². The number of nitriles is 1. The monoisotopic (exact) mass is 325 g/mol. The van der Waals surface area contributed by atoms with Crippen molar-refractivity contribution in [3.8, 4) is 17.6 Å². The van der Waals surface area contributed by atoms with Crippen molar-refractivity contribution in [1.29, 1.82) is 5.26 Å². The van der Waals surface area contributed by atoms with Gasteiger partial charge in [-0.15, -0.1) is 0 Å². The van der Waals surface area contributed by atoms with E-state index in [1.807, 2.05) is 6.07 Å². The van der Waals surface area contributed by atoms with Gasteiger partial charge >= 0.3 is 0 Å². The minimum absolute atomic E-state index is 0.146. The lowest BCUT2D eigenvalue weighted by Crippen LogP contribution is -2.15. The van der Waals surface area contributed by atoms with Gasteiger partial charge in [0, 0.05) is 24.7 Å². The Morgan fingerprint density at radius 1 is 1.25 bits per heavy atom. The minimum atomic E-state index is -0.604. The first-order valence-corrected chi connectivity index (χ1v) is 6.85. The van der Waals surface area contributed by atoms with Crippen LogP contribution in [0.2, 0.25) is 0 Å². The molecule has 2 aromatic rings. The predicted molar refractivity (Wildman–Crippen MR) is 87.5 cm³/mol. The van der Waals surface area contributed by atoms with Crippen molar-refractivity contribution in [3.63, 3.8) is 0 Å². The molecule has 2 rings (SSSR count). The molecule has 0 aliphatic rings. The molecule has 0 atom stereocenters. The normalized spacial score (nSPS) is 10.5. The Morgan fingerprint density at radius 2 is 2.00 bits per heavy atom. The second-order valence-corrected chi connectivity index (χ2v) is 4.41. The standard InChI is InChI=1S/C16H15N5O3/c1-23-12-4-5-14(24-2)13(8-12)21-15(22)11(9-17)10-20-16-18-6-3-7-19-16/h3-8,10H,1-2H3,(H,21,22)(H,18,19,20)/b11-10-. The van der Waals surface area contributed by atoms with E-state index in [-0.39, 0.29) is 11.5 Å². The van der Waals surface area contributed by atoms with E-state index >= 15 is 0 Å². The number of amides is 1. The van der Waals surface area contributed by atoms with Crippen LogP contribution in [-0.2, 0) is 4.79 Å². The van der Waals surface area contributed by atoms with Crippen LogP contribution in [0.15, 0.2) is 48.4 Å². The van der Waals surface area contributed by atoms with Gasteiger partial charge in [-0.2, -0.15) is 5.26 Å². The maximum atomic E-state index is 12.3. The molecule has 1 heterocycles. The molecule has 122 valence electrons. The third kappa shape index (κ3) is 4.20. The average molecular weight is 325 g/mol. The fourth-order valence-corrected chi connectivity index (χ4v) is 1.76. The molecule has 0 fully saturated rings. The number of ether oxygens (including phenoxy) is 2. The van der Waals surface area contributed by atoms with E-state index < -0.39 is 5.91 Å². The van der Waals surface area contributed by atoms with E-state index in [1.54, 1.807) is 24.3 Å². The van der Waals surface area contributed by atoms with E-state index in [4.69, 9.17) is 14.7 Å². The number of benzene rings is 1. The molecule has 8 nitrogen and oxygen atoms in total. The van der Waals surface area contributed by atoms with Crippen LogP contribution in [0.3, 0.4) is 0 Å². The van der Waals surface area contributed by atoms with Crippen molar-refractivity contribution in [3.05, 3.63) is 48.4 Å². The summed E-state index contributed by atoms with van der Waals surface area (Å²) in [4.78, 5) is 20.1. The molecule has 1 aromatic heterocycles. The zero-order valence-electron chi connectivity index (χ0n) is 13.1. The number of nitrogens with zero attached hydrogens (tertiary/aromatic N) is 3. The molecule has 0 bridgehead atoms. The van der Waals surface area contributed by atoms with Gasteiger partial charge in [-0.25, -0.2) is 9.97 Å². The molecule has 0 aliphatic carbocycles. The highest BCUT2D eigenvalue weighted by Gasteiger charge is 2.13. The maximum Gasteiger partial charge on any atom is 0.267 e. The van der Waals surface area contributed by atoms with Crippen LogP contribution >= 0.6 is 0 Å². The van der Waals surface area contributed by atoms with Crippen LogP contribution in [0.5, 0.6) is 11.5 Å². The van der Waals surface area contributed by atoms with Gasteiger partial charge in [-0.1, -0.05) is 0 Å². The van der Waals surface area contributed by atoms with E-state index in [2.05, 4.69) is 20.6 Å². The summed E-state index contributed by atoms with van der Waals surface area (Å²) in [6.45, 7) is 0. The van der Waals surface area contributed by atoms with Crippen LogP contribution in [0.25, 0.3) is 0 Å². The van der Waals surface area contributed by atoms with E-state index in [0.29, 0.717) is 17.2 Å². The average Bonchev–Trinajstić information content (AvgIpc) is 2.63.